The van der Waals surface area contributed by atoms with E-state index in [1.165, 1.54) is 19.3 Å². The van der Waals surface area contributed by atoms with Crippen LogP contribution in [0.15, 0.2) is 18.2 Å². The zero-order valence-corrected chi connectivity index (χ0v) is 11.9. The van der Waals surface area contributed by atoms with E-state index < -0.39 is 0 Å². The monoisotopic (exact) mass is 267 g/mol. The van der Waals surface area contributed by atoms with E-state index in [4.69, 9.17) is 22.1 Å². The topological polar surface area (TPSA) is 35.2 Å². The van der Waals surface area contributed by atoms with E-state index in [1.807, 2.05) is 25.1 Å². The number of benzene rings is 1. The molecule has 3 atom stereocenters. The Hall–Kier alpha value is -0.730. The molecular formula is C15H22ClNO. The van der Waals surface area contributed by atoms with Crippen LogP contribution in [0.5, 0.6) is 5.75 Å². The van der Waals surface area contributed by atoms with E-state index in [2.05, 4.69) is 6.92 Å². The summed E-state index contributed by atoms with van der Waals surface area (Å²) in [6, 6.07) is 5.80. The molecule has 1 aliphatic rings. The lowest BCUT2D eigenvalue weighted by Gasteiger charge is -2.29. The van der Waals surface area contributed by atoms with E-state index in [0.29, 0.717) is 17.0 Å². The van der Waals surface area contributed by atoms with Gasteiger partial charge in [-0.2, -0.15) is 0 Å². The molecule has 1 aromatic rings. The Kier molecular flexibility index (Phi) is 4.52. The highest BCUT2D eigenvalue weighted by Crippen LogP contribution is 2.31. The summed E-state index contributed by atoms with van der Waals surface area (Å²) < 4.78 is 6.06. The van der Waals surface area contributed by atoms with Gasteiger partial charge in [-0.25, -0.2) is 0 Å². The zero-order valence-electron chi connectivity index (χ0n) is 11.2. The summed E-state index contributed by atoms with van der Waals surface area (Å²) in [7, 11) is 0. The second-order valence-electron chi connectivity index (χ2n) is 5.39. The van der Waals surface area contributed by atoms with Crippen LogP contribution in [0.2, 0.25) is 5.02 Å². The fourth-order valence-corrected chi connectivity index (χ4v) is 2.93. The highest BCUT2D eigenvalue weighted by atomic mass is 35.5. The van der Waals surface area contributed by atoms with Crippen molar-refractivity contribution in [3.05, 3.63) is 28.8 Å². The van der Waals surface area contributed by atoms with Crippen LogP contribution in [0, 0.1) is 5.92 Å². The highest BCUT2D eigenvalue weighted by Gasteiger charge is 2.23. The molecule has 0 heterocycles. The zero-order chi connectivity index (χ0) is 13.1. The first-order valence-corrected chi connectivity index (χ1v) is 7.17. The first-order valence-electron chi connectivity index (χ1n) is 6.79. The molecule has 3 unspecified atom stereocenters. The first-order chi connectivity index (χ1) is 8.58. The van der Waals surface area contributed by atoms with E-state index in [1.54, 1.807) is 0 Å². The molecule has 1 aromatic carbocycles. The quantitative estimate of drug-likeness (QED) is 0.885. The lowest BCUT2D eigenvalue weighted by atomic mass is 9.88. The molecule has 18 heavy (non-hydrogen) atoms. The minimum absolute atomic E-state index is 0.0415. The van der Waals surface area contributed by atoms with E-state index in [9.17, 15) is 0 Å². The maximum atomic E-state index is 6.22. The van der Waals surface area contributed by atoms with E-state index in [0.717, 1.165) is 17.7 Å². The van der Waals surface area contributed by atoms with Crippen molar-refractivity contribution in [2.75, 3.05) is 0 Å². The summed E-state index contributed by atoms with van der Waals surface area (Å²) >= 11 is 6.22. The Morgan fingerprint density at radius 1 is 1.33 bits per heavy atom. The van der Waals surface area contributed by atoms with Crippen LogP contribution in [0.25, 0.3) is 0 Å². The Labute approximate surface area is 114 Å². The average Bonchev–Trinajstić information content (AvgIpc) is 2.32. The van der Waals surface area contributed by atoms with Crippen molar-refractivity contribution < 1.29 is 4.74 Å². The van der Waals surface area contributed by atoms with Crippen molar-refractivity contribution in [1.29, 1.82) is 0 Å². The number of hydrogen-bond donors (Lipinski definition) is 1. The predicted molar refractivity (Wildman–Crippen MR) is 76.1 cm³/mol. The van der Waals surface area contributed by atoms with E-state index >= 15 is 0 Å². The van der Waals surface area contributed by atoms with Gasteiger partial charge in [0.05, 0.1) is 0 Å². The van der Waals surface area contributed by atoms with Crippen molar-refractivity contribution in [3.63, 3.8) is 0 Å². The molecule has 0 aromatic heterocycles. The van der Waals surface area contributed by atoms with Gasteiger partial charge in [-0.15, -0.1) is 0 Å². The maximum absolute atomic E-state index is 6.22. The molecule has 2 nitrogen and oxygen atoms in total. The molecule has 100 valence electrons. The maximum Gasteiger partial charge on any atom is 0.121 e. The van der Waals surface area contributed by atoms with Crippen LogP contribution >= 0.6 is 11.6 Å². The third kappa shape index (κ3) is 3.18. The van der Waals surface area contributed by atoms with Gasteiger partial charge in [-0.3, -0.25) is 0 Å². The molecule has 0 bridgehead atoms. The molecule has 2 N–H and O–H groups in total. The number of halogens is 1. The van der Waals surface area contributed by atoms with Gasteiger partial charge in [-0.1, -0.05) is 31.0 Å². The minimum Gasteiger partial charge on any atom is -0.490 e. The van der Waals surface area contributed by atoms with Crippen molar-refractivity contribution in [1.82, 2.24) is 0 Å². The van der Waals surface area contributed by atoms with Crippen LogP contribution < -0.4 is 10.5 Å². The van der Waals surface area contributed by atoms with Gasteiger partial charge in [0.15, 0.2) is 0 Å². The number of rotatable bonds is 3. The largest absolute Gasteiger partial charge is 0.490 e. The van der Waals surface area contributed by atoms with Crippen molar-refractivity contribution in [2.45, 2.75) is 51.7 Å². The molecule has 3 heteroatoms. The summed E-state index contributed by atoms with van der Waals surface area (Å²) in [5.41, 5.74) is 6.82. The Balaban J connectivity index is 2.07. The lowest BCUT2D eigenvalue weighted by molar-refractivity contribution is 0.102. The molecule has 0 radical (unpaired) electrons. The molecule has 1 aliphatic carbocycles. The lowest BCUT2D eigenvalue weighted by Crippen LogP contribution is -2.28. The summed E-state index contributed by atoms with van der Waals surface area (Å²) in [4.78, 5) is 0. The number of nitrogens with two attached hydrogens (primary N) is 1. The second kappa shape index (κ2) is 5.94. The predicted octanol–water partition coefficient (Wildman–Crippen LogP) is 4.32. The molecule has 2 rings (SSSR count). The molecule has 0 amide bonds. The smallest absolute Gasteiger partial charge is 0.121 e. The summed E-state index contributed by atoms with van der Waals surface area (Å²) in [6.07, 6.45) is 5.33. The second-order valence-corrected chi connectivity index (χ2v) is 5.80. The Morgan fingerprint density at radius 2 is 2.06 bits per heavy atom. The number of hydrogen-bond acceptors (Lipinski definition) is 2. The minimum atomic E-state index is -0.0415. The molecule has 0 spiro atoms. The third-order valence-corrected chi connectivity index (χ3v) is 4.11. The molecule has 0 saturated heterocycles. The van der Waals surface area contributed by atoms with Crippen LogP contribution in [0.4, 0.5) is 0 Å². The van der Waals surface area contributed by atoms with Gasteiger partial charge < -0.3 is 10.5 Å². The summed E-state index contributed by atoms with van der Waals surface area (Å²) in [5, 5.41) is 0.700. The van der Waals surface area contributed by atoms with Crippen molar-refractivity contribution in [2.24, 2.45) is 11.7 Å². The van der Waals surface area contributed by atoms with Crippen molar-refractivity contribution in [3.8, 4) is 5.75 Å². The van der Waals surface area contributed by atoms with E-state index in [-0.39, 0.29) is 6.04 Å². The summed E-state index contributed by atoms with van der Waals surface area (Å²) in [5.74, 6) is 1.49. The van der Waals surface area contributed by atoms with Gasteiger partial charge in [0.1, 0.15) is 11.9 Å². The van der Waals surface area contributed by atoms with Crippen LogP contribution in [0.3, 0.4) is 0 Å². The highest BCUT2D eigenvalue weighted by molar-refractivity contribution is 6.31. The SMILES string of the molecule is CC(N)c1ccc(OC2CCCCC2C)cc1Cl. The third-order valence-electron chi connectivity index (χ3n) is 3.78. The van der Waals surface area contributed by atoms with Gasteiger partial charge in [0, 0.05) is 11.1 Å². The molecule has 1 fully saturated rings. The average molecular weight is 268 g/mol. The van der Waals surface area contributed by atoms with Gasteiger partial charge in [0.2, 0.25) is 0 Å². The van der Waals surface area contributed by atoms with Gasteiger partial charge in [-0.05, 0) is 49.8 Å². The normalized spacial score (nSPS) is 25.8. The Morgan fingerprint density at radius 3 is 2.67 bits per heavy atom. The van der Waals surface area contributed by atoms with Gasteiger partial charge >= 0.3 is 0 Å². The van der Waals surface area contributed by atoms with Gasteiger partial charge in [0.25, 0.3) is 0 Å². The standard InChI is InChI=1S/C15H22ClNO/c1-10-5-3-4-6-15(10)18-12-7-8-13(11(2)17)14(16)9-12/h7-11,15H,3-6,17H2,1-2H3. The fourth-order valence-electron chi connectivity index (χ4n) is 2.58. The van der Waals surface area contributed by atoms with Crippen LogP contribution in [-0.4, -0.2) is 6.10 Å². The Bertz CT molecular complexity index is 405. The molecule has 0 aliphatic heterocycles. The van der Waals surface area contributed by atoms with Crippen molar-refractivity contribution >= 4 is 11.6 Å². The number of ether oxygens (including phenoxy) is 1. The van der Waals surface area contributed by atoms with Crippen LogP contribution in [-0.2, 0) is 0 Å². The molecule has 1 saturated carbocycles. The first kappa shape index (κ1) is 13.7. The molecular weight excluding hydrogens is 246 g/mol. The summed E-state index contributed by atoms with van der Waals surface area (Å²) in [6.45, 7) is 4.20. The fraction of sp³-hybridized carbons (Fsp3) is 0.600. The van der Waals surface area contributed by atoms with Crippen LogP contribution in [0.1, 0.15) is 51.1 Å².